The summed E-state index contributed by atoms with van der Waals surface area (Å²) in [6.07, 6.45) is 1.77. The van der Waals surface area contributed by atoms with Crippen molar-refractivity contribution in [1.29, 1.82) is 5.26 Å². The van der Waals surface area contributed by atoms with Crippen LogP contribution in [0, 0.1) is 27.4 Å². The standard InChI is InChI=1S/C17H15N3O5S/c1-17(9-18,11-2-3-11)19-15(21)8-25-16(22)14-7-10-6-12(20(23)24)4-5-13(10)26-14/h4-7,11H,2-3,8H2,1H3,(H,19,21)/t17-/m0/s1. The molecule has 0 unspecified atom stereocenters. The summed E-state index contributed by atoms with van der Waals surface area (Å²) >= 11 is 1.13. The second kappa shape index (κ2) is 6.72. The van der Waals surface area contributed by atoms with E-state index in [1.165, 1.54) is 18.2 Å². The summed E-state index contributed by atoms with van der Waals surface area (Å²) in [5.74, 6) is -1.09. The summed E-state index contributed by atoms with van der Waals surface area (Å²) < 4.78 is 5.71. The average Bonchev–Trinajstić information content (AvgIpc) is 3.38. The first-order chi connectivity index (χ1) is 12.3. The van der Waals surface area contributed by atoms with E-state index in [9.17, 15) is 25.0 Å². The number of nitro benzene ring substituents is 1. The number of carbonyl (C=O) groups is 2. The molecule has 1 N–H and O–H groups in total. The van der Waals surface area contributed by atoms with Gasteiger partial charge >= 0.3 is 5.97 Å². The highest BCUT2D eigenvalue weighted by atomic mass is 32.1. The number of fused-ring (bicyclic) bond motifs is 1. The van der Waals surface area contributed by atoms with Crippen molar-refractivity contribution in [3.05, 3.63) is 39.3 Å². The number of amides is 1. The maximum atomic E-state index is 12.1. The fraction of sp³-hybridized carbons (Fsp3) is 0.353. The molecule has 1 aromatic heterocycles. The van der Waals surface area contributed by atoms with Crippen molar-refractivity contribution in [2.24, 2.45) is 5.92 Å². The number of hydrogen-bond donors (Lipinski definition) is 1. The molecule has 2 aromatic rings. The lowest BCUT2D eigenvalue weighted by molar-refractivity contribution is -0.384. The second-order valence-electron chi connectivity index (χ2n) is 6.30. The zero-order chi connectivity index (χ0) is 18.9. The summed E-state index contributed by atoms with van der Waals surface area (Å²) in [5, 5.41) is 23.2. The van der Waals surface area contributed by atoms with E-state index in [0.29, 0.717) is 10.1 Å². The van der Waals surface area contributed by atoms with Crippen LogP contribution in [0.1, 0.15) is 29.4 Å². The van der Waals surface area contributed by atoms with Crippen molar-refractivity contribution in [2.45, 2.75) is 25.3 Å². The highest BCUT2D eigenvalue weighted by Crippen LogP contribution is 2.39. The molecule has 0 spiro atoms. The van der Waals surface area contributed by atoms with E-state index in [4.69, 9.17) is 4.74 Å². The van der Waals surface area contributed by atoms with Gasteiger partial charge in [0.05, 0.1) is 11.0 Å². The molecular weight excluding hydrogens is 358 g/mol. The summed E-state index contributed by atoms with van der Waals surface area (Å²) in [5.41, 5.74) is -1.01. The second-order valence-corrected chi connectivity index (χ2v) is 7.39. The molecule has 3 rings (SSSR count). The van der Waals surface area contributed by atoms with Crippen LogP contribution in [0.3, 0.4) is 0 Å². The lowest BCUT2D eigenvalue weighted by Gasteiger charge is -2.22. The number of nitriles is 1. The minimum atomic E-state index is -0.944. The summed E-state index contributed by atoms with van der Waals surface area (Å²) in [6, 6.07) is 7.90. The molecule has 134 valence electrons. The third-order valence-corrected chi connectivity index (χ3v) is 5.37. The van der Waals surface area contributed by atoms with Gasteiger partial charge in [-0.15, -0.1) is 11.3 Å². The fourth-order valence-electron chi connectivity index (χ4n) is 2.65. The molecule has 1 heterocycles. The number of rotatable bonds is 6. The lowest BCUT2D eigenvalue weighted by atomic mass is 9.98. The van der Waals surface area contributed by atoms with Gasteiger partial charge in [-0.3, -0.25) is 14.9 Å². The number of hydrogen-bond acceptors (Lipinski definition) is 7. The predicted molar refractivity (Wildman–Crippen MR) is 93.6 cm³/mol. The topological polar surface area (TPSA) is 122 Å². The van der Waals surface area contributed by atoms with E-state index < -0.39 is 28.9 Å². The van der Waals surface area contributed by atoms with E-state index in [-0.39, 0.29) is 16.5 Å². The van der Waals surface area contributed by atoms with Crippen LogP contribution in [0.2, 0.25) is 0 Å². The largest absolute Gasteiger partial charge is 0.451 e. The van der Waals surface area contributed by atoms with Crippen LogP contribution in [0.15, 0.2) is 24.3 Å². The SMILES string of the molecule is C[C@@](C#N)(NC(=O)COC(=O)c1cc2cc([N+](=O)[O-])ccc2s1)C1CC1. The number of esters is 1. The molecule has 1 amide bonds. The Morgan fingerprint density at radius 2 is 2.19 bits per heavy atom. The van der Waals surface area contributed by atoms with E-state index in [1.807, 2.05) is 0 Å². The third-order valence-electron chi connectivity index (χ3n) is 4.27. The highest BCUT2D eigenvalue weighted by molar-refractivity contribution is 7.20. The molecule has 26 heavy (non-hydrogen) atoms. The van der Waals surface area contributed by atoms with E-state index in [1.54, 1.807) is 13.0 Å². The van der Waals surface area contributed by atoms with Crippen LogP contribution in [0.4, 0.5) is 5.69 Å². The summed E-state index contributed by atoms with van der Waals surface area (Å²) in [4.78, 5) is 34.6. The van der Waals surface area contributed by atoms with Crippen molar-refractivity contribution in [3.63, 3.8) is 0 Å². The molecule has 0 saturated heterocycles. The molecule has 8 nitrogen and oxygen atoms in total. The van der Waals surface area contributed by atoms with Gasteiger partial charge in [-0.1, -0.05) is 0 Å². The minimum absolute atomic E-state index is 0.0644. The van der Waals surface area contributed by atoms with E-state index in [2.05, 4.69) is 11.4 Å². The molecule has 9 heteroatoms. The number of nitro groups is 1. The molecule has 1 atom stereocenters. The first-order valence-electron chi connectivity index (χ1n) is 7.90. The monoisotopic (exact) mass is 373 g/mol. The Morgan fingerprint density at radius 1 is 1.46 bits per heavy atom. The quantitative estimate of drug-likeness (QED) is 0.472. The van der Waals surface area contributed by atoms with Gasteiger partial charge in [-0.05, 0) is 37.8 Å². The molecule has 0 radical (unpaired) electrons. The Labute approximate surface area is 152 Å². The number of nitrogens with one attached hydrogen (secondary N) is 1. The lowest BCUT2D eigenvalue weighted by Crippen LogP contribution is -2.48. The highest BCUT2D eigenvalue weighted by Gasteiger charge is 2.43. The number of carbonyl (C=O) groups excluding carboxylic acids is 2. The molecule has 1 fully saturated rings. The molecule has 0 bridgehead atoms. The van der Waals surface area contributed by atoms with Gasteiger partial charge in [-0.2, -0.15) is 5.26 Å². The summed E-state index contributed by atoms with van der Waals surface area (Å²) in [6.45, 7) is 1.17. The maximum absolute atomic E-state index is 12.1. The number of thiophene rings is 1. The van der Waals surface area contributed by atoms with Gasteiger partial charge in [0, 0.05) is 22.2 Å². The van der Waals surface area contributed by atoms with Crippen molar-refractivity contribution < 1.29 is 19.2 Å². The van der Waals surface area contributed by atoms with Crippen molar-refractivity contribution in [1.82, 2.24) is 5.32 Å². The number of nitrogens with zero attached hydrogens (tertiary/aromatic N) is 2. The normalized spacial score (nSPS) is 15.7. The maximum Gasteiger partial charge on any atom is 0.348 e. The van der Waals surface area contributed by atoms with Crippen LogP contribution < -0.4 is 5.32 Å². The Hall–Kier alpha value is -2.99. The van der Waals surface area contributed by atoms with E-state index >= 15 is 0 Å². The van der Waals surface area contributed by atoms with Gasteiger partial charge in [0.1, 0.15) is 10.4 Å². The number of non-ortho nitro benzene ring substituents is 1. The van der Waals surface area contributed by atoms with Gasteiger partial charge in [0.25, 0.3) is 11.6 Å². The Bertz CT molecular complexity index is 944. The van der Waals surface area contributed by atoms with E-state index in [0.717, 1.165) is 24.2 Å². The minimum Gasteiger partial charge on any atom is -0.451 e. The molecule has 1 aromatic carbocycles. The van der Waals surface area contributed by atoms with Crippen molar-refractivity contribution in [3.8, 4) is 6.07 Å². The fourth-order valence-corrected chi connectivity index (χ4v) is 3.59. The van der Waals surface area contributed by atoms with Crippen LogP contribution >= 0.6 is 11.3 Å². The van der Waals surface area contributed by atoms with Gasteiger partial charge in [0.15, 0.2) is 6.61 Å². The zero-order valence-corrected chi connectivity index (χ0v) is 14.7. The van der Waals surface area contributed by atoms with Gasteiger partial charge in [0.2, 0.25) is 0 Å². The number of ether oxygens (including phenoxy) is 1. The predicted octanol–water partition coefficient (Wildman–Crippen LogP) is 2.77. The van der Waals surface area contributed by atoms with Crippen LogP contribution in [0.25, 0.3) is 10.1 Å². The first kappa shape index (κ1) is 17.8. The molecular formula is C17H15N3O5S. The molecule has 1 aliphatic rings. The van der Waals surface area contributed by atoms with Crippen molar-refractivity contribution >= 4 is 39.0 Å². The Kier molecular flexibility index (Phi) is 4.61. The molecule has 1 saturated carbocycles. The van der Waals surface area contributed by atoms with Gasteiger partial charge in [-0.25, -0.2) is 4.79 Å². The molecule has 0 aliphatic heterocycles. The summed E-state index contributed by atoms with van der Waals surface area (Å²) in [7, 11) is 0. The van der Waals surface area contributed by atoms with Gasteiger partial charge < -0.3 is 10.1 Å². The van der Waals surface area contributed by atoms with Crippen LogP contribution in [0.5, 0.6) is 0 Å². The smallest absolute Gasteiger partial charge is 0.348 e. The Morgan fingerprint density at radius 3 is 2.81 bits per heavy atom. The van der Waals surface area contributed by atoms with Crippen LogP contribution in [-0.4, -0.2) is 28.9 Å². The Balaban J connectivity index is 1.63. The first-order valence-corrected chi connectivity index (χ1v) is 8.71. The van der Waals surface area contributed by atoms with Crippen molar-refractivity contribution in [2.75, 3.05) is 6.61 Å². The average molecular weight is 373 g/mol. The number of benzene rings is 1. The van der Waals surface area contributed by atoms with Crippen LogP contribution in [-0.2, 0) is 9.53 Å². The molecule has 1 aliphatic carbocycles. The third kappa shape index (κ3) is 3.65. The zero-order valence-electron chi connectivity index (χ0n) is 13.9.